The van der Waals surface area contributed by atoms with E-state index >= 15 is 0 Å². The van der Waals surface area contributed by atoms with Gasteiger partial charge in [0.05, 0.1) is 31.0 Å². The van der Waals surface area contributed by atoms with Crippen LogP contribution in [0, 0.1) is 0 Å². The highest BCUT2D eigenvalue weighted by molar-refractivity contribution is 5.91. The molecule has 0 fully saturated rings. The Balaban J connectivity index is 2.29. The maximum atomic E-state index is 11.4. The Morgan fingerprint density at radius 2 is 2.35 bits per heavy atom. The van der Waals surface area contributed by atoms with Gasteiger partial charge in [-0.05, 0) is 25.1 Å². The zero-order chi connectivity index (χ0) is 12.4. The highest BCUT2D eigenvalue weighted by Gasteiger charge is 2.26. The molecular formula is C12H15NO4. The van der Waals surface area contributed by atoms with E-state index in [0.29, 0.717) is 11.3 Å². The molecule has 5 heteroatoms. The van der Waals surface area contributed by atoms with Gasteiger partial charge in [0, 0.05) is 0 Å². The highest BCUT2D eigenvalue weighted by Crippen LogP contribution is 2.32. The number of anilines is 1. The second-order valence-electron chi connectivity index (χ2n) is 3.97. The molecule has 0 bridgehead atoms. The zero-order valence-corrected chi connectivity index (χ0v) is 9.77. The summed E-state index contributed by atoms with van der Waals surface area (Å²) in [4.78, 5) is 11.4. The van der Waals surface area contributed by atoms with Crippen LogP contribution in [0.3, 0.4) is 0 Å². The molecule has 1 aliphatic heterocycles. The van der Waals surface area contributed by atoms with Crippen LogP contribution in [0.25, 0.3) is 0 Å². The van der Waals surface area contributed by atoms with Crippen LogP contribution in [-0.2, 0) is 4.74 Å². The molecule has 0 saturated heterocycles. The normalized spacial score (nSPS) is 22.1. The summed E-state index contributed by atoms with van der Waals surface area (Å²) in [5.41, 5.74) is 1.21. The minimum Gasteiger partial charge on any atom is -0.484 e. The lowest BCUT2D eigenvalue weighted by Crippen LogP contribution is -2.41. The van der Waals surface area contributed by atoms with Crippen molar-refractivity contribution in [3.8, 4) is 5.75 Å². The number of methoxy groups -OCH3 is 1. The summed E-state index contributed by atoms with van der Waals surface area (Å²) in [6.07, 6.45) is -0.272. The summed E-state index contributed by atoms with van der Waals surface area (Å²) < 4.78 is 10.2. The molecular weight excluding hydrogens is 222 g/mol. The van der Waals surface area contributed by atoms with E-state index in [-0.39, 0.29) is 24.7 Å². The number of rotatable bonds is 2. The third-order valence-electron chi connectivity index (χ3n) is 2.80. The van der Waals surface area contributed by atoms with Crippen LogP contribution in [0.2, 0.25) is 0 Å². The summed E-state index contributed by atoms with van der Waals surface area (Å²) in [5, 5.41) is 12.3. The van der Waals surface area contributed by atoms with Crippen molar-refractivity contribution in [2.45, 2.75) is 19.1 Å². The fourth-order valence-corrected chi connectivity index (χ4v) is 1.79. The molecule has 0 spiro atoms. The quantitative estimate of drug-likeness (QED) is 0.752. The van der Waals surface area contributed by atoms with Crippen molar-refractivity contribution in [2.24, 2.45) is 0 Å². The standard InChI is InChI=1S/C12H15NO4/c1-7-11(6-14)17-10-4-3-8(12(15)16-2)5-9(10)13-7/h3-5,7,11,13-14H,6H2,1-2H3. The number of fused-ring (bicyclic) bond motifs is 1. The molecule has 0 saturated carbocycles. The summed E-state index contributed by atoms with van der Waals surface area (Å²) in [6.45, 7) is 1.86. The lowest BCUT2D eigenvalue weighted by atomic mass is 10.1. The van der Waals surface area contributed by atoms with Gasteiger partial charge < -0.3 is 19.9 Å². The van der Waals surface area contributed by atoms with Crippen molar-refractivity contribution >= 4 is 11.7 Å². The Labute approximate surface area is 99.3 Å². The van der Waals surface area contributed by atoms with E-state index in [9.17, 15) is 4.79 Å². The van der Waals surface area contributed by atoms with Gasteiger partial charge in [0.25, 0.3) is 0 Å². The molecule has 1 aliphatic rings. The van der Waals surface area contributed by atoms with Gasteiger partial charge in [0.15, 0.2) is 0 Å². The van der Waals surface area contributed by atoms with Crippen molar-refractivity contribution < 1.29 is 19.4 Å². The minimum absolute atomic E-state index is 0.0135. The zero-order valence-electron chi connectivity index (χ0n) is 9.77. The van der Waals surface area contributed by atoms with Crippen molar-refractivity contribution in [1.82, 2.24) is 0 Å². The minimum atomic E-state index is -0.383. The van der Waals surface area contributed by atoms with E-state index in [2.05, 4.69) is 10.1 Å². The van der Waals surface area contributed by atoms with Crippen LogP contribution >= 0.6 is 0 Å². The highest BCUT2D eigenvalue weighted by atomic mass is 16.5. The molecule has 2 atom stereocenters. The topological polar surface area (TPSA) is 67.8 Å². The molecule has 2 N–H and O–H groups in total. The van der Waals surface area contributed by atoms with E-state index in [1.165, 1.54) is 7.11 Å². The van der Waals surface area contributed by atoms with Crippen molar-refractivity contribution in [3.05, 3.63) is 23.8 Å². The van der Waals surface area contributed by atoms with E-state index in [1.807, 2.05) is 6.92 Å². The van der Waals surface area contributed by atoms with Gasteiger partial charge in [0.2, 0.25) is 0 Å². The fraction of sp³-hybridized carbons (Fsp3) is 0.417. The van der Waals surface area contributed by atoms with Gasteiger partial charge in [-0.15, -0.1) is 0 Å². The molecule has 92 valence electrons. The molecule has 1 heterocycles. The maximum Gasteiger partial charge on any atom is 0.337 e. The molecule has 1 aromatic rings. The van der Waals surface area contributed by atoms with Crippen molar-refractivity contribution in [3.63, 3.8) is 0 Å². The average Bonchev–Trinajstić information content (AvgIpc) is 2.36. The summed E-state index contributed by atoms with van der Waals surface area (Å²) in [5.74, 6) is 0.251. The monoisotopic (exact) mass is 237 g/mol. The van der Waals surface area contributed by atoms with E-state index in [4.69, 9.17) is 9.84 Å². The van der Waals surface area contributed by atoms with Gasteiger partial charge in [0.1, 0.15) is 11.9 Å². The summed E-state index contributed by atoms with van der Waals surface area (Å²) in [6, 6.07) is 5.01. The number of benzene rings is 1. The lowest BCUT2D eigenvalue weighted by molar-refractivity contribution is 0.0600. The number of nitrogens with one attached hydrogen (secondary N) is 1. The molecule has 2 unspecified atom stereocenters. The predicted octanol–water partition coefficient (Wildman–Crippen LogP) is 1.03. The van der Waals surface area contributed by atoms with Gasteiger partial charge in [-0.25, -0.2) is 4.79 Å². The Kier molecular flexibility index (Phi) is 3.19. The second kappa shape index (κ2) is 4.63. The molecule has 1 aromatic carbocycles. The third kappa shape index (κ3) is 2.19. The number of aliphatic hydroxyl groups is 1. The Morgan fingerprint density at radius 3 is 3.00 bits per heavy atom. The summed E-state index contributed by atoms with van der Waals surface area (Å²) in [7, 11) is 1.34. The number of carbonyl (C=O) groups is 1. The molecule has 0 amide bonds. The number of carbonyl (C=O) groups excluding carboxylic acids is 1. The fourth-order valence-electron chi connectivity index (χ4n) is 1.79. The Morgan fingerprint density at radius 1 is 1.59 bits per heavy atom. The first-order valence-corrected chi connectivity index (χ1v) is 5.42. The molecule has 2 rings (SSSR count). The lowest BCUT2D eigenvalue weighted by Gasteiger charge is -2.32. The van der Waals surface area contributed by atoms with E-state index < -0.39 is 0 Å². The number of aliphatic hydroxyl groups excluding tert-OH is 1. The molecule has 5 nitrogen and oxygen atoms in total. The number of hydrogen-bond acceptors (Lipinski definition) is 5. The van der Waals surface area contributed by atoms with Crippen LogP contribution in [0.15, 0.2) is 18.2 Å². The van der Waals surface area contributed by atoms with Crippen LogP contribution in [0.1, 0.15) is 17.3 Å². The molecule has 17 heavy (non-hydrogen) atoms. The van der Waals surface area contributed by atoms with Crippen LogP contribution < -0.4 is 10.1 Å². The molecule has 0 aromatic heterocycles. The Hall–Kier alpha value is -1.75. The van der Waals surface area contributed by atoms with E-state index in [0.717, 1.165) is 5.69 Å². The van der Waals surface area contributed by atoms with E-state index in [1.54, 1.807) is 18.2 Å². The maximum absolute atomic E-state index is 11.4. The first kappa shape index (κ1) is 11.7. The van der Waals surface area contributed by atoms with Gasteiger partial charge >= 0.3 is 5.97 Å². The van der Waals surface area contributed by atoms with Crippen molar-refractivity contribution in [2.75, 3.05) is 19.0 Å². The molecule has 0 aliphatic carbocycles. The SMILES string of the molecule is COC(=O)c1ccc2c(c1)NC(C)C(CO)O2. The largest absolute Gasteiger partial charge is 0.484 e. The smallest absolute Gasteiger partial charge is 0.337 e. The Bertz CT molecular complexity index is 433. The van der Waals surface area contributed by atoms with Crippen LogP contribution in [0.5, 0.6) is 5.75 Å². The van der Waals surface area contributed by atoms with Gasteiger partial charge in [-0.1, -0.05) is 0 Å². The summed E-state index contributed by atoms with van der Waals surface area (Å²) >= 11 is 0. The van der Waals surface area contributed by atoms with Crippen molar-refractivity contribution in [1.29, 1.82) is 0 Å². The van der Waals surface area contributed by atoms with Gasteiger partial charge in [-0.3, -0.25) is 0 Å². The average molecular weight is 237 g/mol. The number of ether oxygens (including phenoxy) is 2. The van der Waals surface area contributed by atoms with Crippen LogP contribution in [0.4, 0.5) is 5.69 Å². The number of esters is 1. The van der Waals surface area contributed by atoms with Gasteiger partial charge in [-0.2, -0.15) is 0 Å². The predicted molar refractivity (Wildman–Crippen MR) is 62.4 cm³/mol. The van der Waals surface area contributed by atoms with Crippen LogP contribution in [-0.4, -0.2) is 36.9 Å². The second-order valence-corrected chi connectivity index (χ2v) is 3.97. The number of hydrogen-bond donors (Lipinski definition) is 2. The third-order valence-corrected chi connectivity index (χ3v) is 2.80. The first-order valence-electron chi connectivity index (χ1n) is 5.42. The first-order chi connectivity index (χ1) is 8.15. The molecule has 0 radical (unpaired) electrons.